The van der Waals surface area contributed by atoms with E-state index < -0.39 is 17.5 Å². The van der Waals surface area contributed by atoms with E-state index in [1.165, 1.54) is 24.5 Å². The summed E-state index contributed by atoms with van der Waals surface area (Å²) in [5.74, 6) is -1.68. The predicted molar refractivity (Wildman–Crippen MR) is 78.5 cm³/mol. The molecule has 0 saturated carbocycles. The number of hydrogen-bond donors (Lipinski definition) is 1. The third-order valence-corrected chi connectivity index (χ3v) is 3.27. The summed E-state index contributed by atoms with van der Waals surface area (Å²) in [5, 5.41) is 13.0. The Morgan fingerprint density at radius 3 is 2.70 bits per heavy atom. The molecule has 0 unspecified atom stereocenters. The van der Waals surface area contributed by atoms with Crippen molar-refractivity contribution in [2.24, 2.45) is 0 Å². The molecular weight excluding hydrogens is 328 g/mol. The third-order valence-electron chi connectivity index (χ3n) is 2.98. The zero-order valence-corrected chi connectivity index (χ0v) is 12.1. The summed E-state index contributed by atoms with van der Waals surface area (Å²) in [4.78, 5) is 12.4. The van der Waals surface area contributed by atoms with Crippen LogP contribution in [0.4, 0.5) is 14.5 Å². The van der Waals surface area contributed by atoms with Crippen molar-refractivity contribution in [1.29, 1.82) is 0 Å². The lowest BCUT2D eigenvalue weighted by Gasteiger charge is -2.10. The number of tetrazole rings is 1. The van der Waals surface area contributed by atoms with E-state index in [0.29, 0.717) is 5.69 Å². The molecule has 1 N–H and O–H groups in total. The second kappa shape index (κ2) is 6.09. The van der Waals surface area contributed by atoms with E-state index in [0.717, 1.165) is 22.9 Å². The van der Waals surface area contributed by atoms with Crippen LogP contribution in [0.15, 0.2) is 42.7 Å². The van der Waals surface area contributed by atoms with E-state index in [1.54, 1.807) is 0 Å². The zero-order chi connectivity index (χ0) is 16.4. The normalized spacial score (nSPS) is 10.6. The number of carbonyl (C=O) groups excluding carboxylic acids is 1. The van der Waals surface area contributed by atoms with Gasteiger partial charge >= 0.3 is 0 Å². The summed E-state index contributed by atoms with van der Waals surface area (Å²) in [6, 6.07) is 7.33. The van der Waals surface area contributed by atoms with E-state index in [1.807, 2.05) is 0 Å². The third kappa shape index (κ3) is 3.16. The van der Waals surface area contributed by atoms with Gasteiger partial charge in [-0.05, 0) is 40.8 Å². The summed E-state index contributed by atoms with van der Waals surface area (Å²) in [6.45, 7) is 0. The van der Waals surface area contributed by atoms with Crippen LogP contribution in [0.5, 0.6) is 0 Å². The number of hydrogen-bond acceptors (Lipinski definition) is 4. The first kappa shape index (κ1) is 15.0. The maximum atomic E-state index is 13.5. The molecule has 0 aliphatic rings. The summed E-state index contributed by atoms with van der Waals surface area (Å²) in [6.07, 6.45) is 1.24. The highest BCUT2D eigenvalue weighted by Crippen LogP contribution is 2.21. The first-order chi connectivity index (χ1) is 11.0. The Kier molecular flexibility index (Phi) is 3.98. The van der Waals surface area contributed by atoms with Gasteiger partial charge in [-0.15, -0.1) is 5.10 Å². The minimum Gasteiger partial charge on any atom is -0.322 e. The largest absolute Gasteiger partial charge is 0.322 e. The Hall–Kier alpha value is -2.87. The van der Waals surface area contributed by atoms with Crippen molar-refractivity contribution in [3.63, 3.8) is 0 Å². The highest BCUT2D eigenvalue weighted by atomic mass is 35.5. The second-order valence-electron chi connectivity index (χ2n) is 4.50. The number of nitrogens with one attached hydrogen (secondary N) is 1. The van der Waals surface area contributed by atoms with Gasteiger partial charge in [-0.3, -0.25) is 4.79 Å². The first-order valence-electron chi connectivity index (χ1n) is 6.34. The molecule has 0 aliphatic heterocycles. The van der Waals surface area contributed by atoms with Crippen LogP contribution in [0.3, 0.4) is 0 Å². The van der Waals surface area contributed by atoms with Crippen LogP contribution in [-0.4, -0.2) is 26.1 Å². The van der Waals surface area contributed by atoms with Crippen molar-refractivity contribution in [1.82, 2.24) is 20.2 Å². The van der Waals surface area contributed by atoms with Crippen molar-refractivity contribution >= 4 is 23.2 Å². The number of halogens is 3. The molecule has 0 radical (unpaired) electrons. The molecule has 0 atom stereocenters. The maximum Gasteiger partial charge on any atom is 0.257 e. The smallest absolute Gasteiger partial charge is 0.257 e. The molecule has 0 spiro atoms. The number of aromatic nitrogens is 4. The summed E-state index contributed by atoms with van der Waals surface area (Å²) in [5.41, 5.74) is 0.605. The van der Waals surface area contributed by atoms with E-state index in [9.17, 15) is 13.6 Å². The van der Waals surface area contributed by atoms with Crippen LogP contribution in [-0.2, 0) is 0 Å². The van der Waals surface area contributed by atoms with Crippen molar-refractivity contribution in [2.75, 3.05) is 5.32 Å². The van der Waals surface area contributed by atoms with Crippen LogP contribution in [0.1, 0.15) is 10.4 Å². The van der Waals surface area contributed by atoms with Gasteiger partial charge in [0, 0.05) is 11.8 Å². The van der Waals surface area contributed by atoms with E-state index >= 15 is 0 Å². The lowest BCUT2D eigenvalue weighted by Crippen LogP contribution is -2.15. The summed E-state index contributed by atoms with van der Waals surface area (Å²) < 4.78 is 27.8. The van der Waals surface area contributed by atoms with Gasteiger partial charge in [-0.2, -0.15) is 4.68 Å². The molecule has 2 aromatic carbocycles. The molecule has 3 aromatic rings. The first-order valence-corrected chi connectivity index (χ1v) is 6.72. The molecule has 0 bridgehead atoms. The van der Waals surface area contributed by atoms with E-state index in [4.69, 9.17) is 11.6 Å². The molecular formula is C14H8ClF2N5O. The van der Waals surface area contributed by atoms with Gasteiger partial charge < -0.3 is 5.32 Å². The highest BCUT2D eigenvalue weighted by molar-refractivity contribution is 6.31. The minimum absolute atomic E-state index is 0.123. The number of rotatable bonds is 3. The van der Waals surface area contributed by atoms with Gasteiger partial charge in [0.1, 0.15) is 18.0 Å². The molecule has 0 saturated heterocycles. The van der Waals surface area contributed by atoms with Crippen LogP contribution in [0.2, 0.25) is 5.02 Å². The molecule has 0 fully saturated rings. The quantitative estimate of drug-likeness (QED) is 0.799. The van der Waals surface area contributed by atoms with Crippen molar-refractivity contribution in [3.05, 3.63) is 64.9 Å². The fourth-order valence-electron chi connectivity index (χ4n) is 1.93. The Morgan fingerprint density at radius 1 is 1.17 bits per heavy atom. The summed E-state index contributed by atoms with van der Waals surface area (Å²) >= 11 is 5.67. The lowest BCUT2D eigenvalue weighted by molar-refractivity contribution is 0.102. The number of nitrogens with zero attached hydrogens (tertiary/aromatic N) is 4. The van der Waals surface area contributed by atoms with Crippen molar-refractivity contribution < 1.29 is 13.6 Å². The van der Waals surface area contributed by atoms with Gasteiger partial charge in [0.25, 0.3) is 5.91 Å². The SMILES string of the molecule is O=C(Nc1ccc(F)c(Cl)c1)c1ccc(F)cc1-n1cnnn1. The van der Waals surface area contributed by atoms with Gasteiger partial charge in [0.05, 0.1) is 16.3 Å². The molecule has 23 heavy (non-hydrogen) atoms. The molecule has 0 aliphatic carbocycles. The van der Waals surface area contributed by atoms with Crippen molar-refractivity contribution in [2.45, 2.75) is 0 Å². The van der Waals surface area contributed by atoms with Crippen LogP contribution in [0.25, 0.3) is 5.69 Å². The predicted octanol–water partition coefficient (Wildman–Crippen LogP) is 2.85. The Balaban J connectivity index is 1.95. The Morgan fingerprint density at radius 2 is 2.00 bits per heavy atom. The highest BCUT2D eigenvalue weighted by Gasteiger charge is 2.15. The molecule has 116 valence electrons. The van der Waals surface area contributed by atoms with Gasteiger partial charge in [0.15, 0.2) is 0 Å². The molecule has 9 heteroatoms. The van der Waals surface area contributed by atoms with Crippen LogP contribution < -0.4 is 5.32 Å². The lowest BCUT2D eigenvalue weighted by atomic mass is 10.1. The number of carbonyl (C=O) groups is 1. The molecule has 1 aromatic heterocycles. The zero-order valence-electron chi connectivity index (χ0n) is 11.4. The number of anilines is 1. The average molecular weight is 336 g/mol. The van der Waals surface area contributed by atoms with Crippen LogP contribution >= 0.6 is 11.6 Å². The number of benzene rings is 2. The maximum absolute atomic E-state index is 13.5. The van der Waals surface area contributed by atoms with Gasteiger partial charge in [-0.25, -0.2) is 8.78 Å². The Labute approximate surface area is 133 Å². The fourth-order valence-corrected chi connectivity index (χ4v) is 2.11. The second-order valence-corrected chi connectivity index (χ2v) is 4.91. The van der Waals surface area contributed by atoms with Crippen molar-refractivity contribution in [3.8, 4) is 5.69 Å². The summed E-state index contributed by atoms with van der Waals surface area (Å²) in [7, 11) is 0. The van der Waals surface area contributed by atoms with Gasteiger partial charge in [0.2, 0.25) is 0 Å². The average Bonchev–Trinajstić information content (AvgIpc) is 3.05. The van der Waals surface area contributed by atoms with E-state index in [-0.39, 0.29) is 16.3 Å². The topological polar surface area (TPSA) is 72.7 Å². The van der Waals surface area contributed by atoms with Crippen LogP contribution in [0, 0.1) is 11.6 Å². The number of amides is 1. The van der Waals surface area contributed by atoms with E-state index in [2.05, 4.69) is 20.8 Å². The standard InChI is InChI=1S/C14H8ClF2N5O/c15-11-6-9(2-4-12(11)17)19-14(23)10-3-1-8(16)5-13(10)22-7-18-20-21-22/h1-7H,(H,19,23). The molecule has 3 rings (SSSR count). The monoisotopic (exact) mass is 335 g/mol. The van der Waals surface area contributed by atoms with Gasteiger partial charge in [-0.1, -0.05) is 11.6 Å². The Bertz CT molecular complexity index is 870. The molecule has 1 amide bonds. The minimum atomic E-state index is -0.596. The fraction of sp³-hybridized carbons (Fsp3) is 0. The molecule has 6 nitrogen and oxygen atoms in total. The molecule has 1 heterocycles.